The molecule has 0 aromatic heterocycles. The Balaban J connectivity index is 0. The summed E-state index contributed by atoms with van der Waals surface area (Å²) in [5.74, 6) is 0. The molecule has 0 saturated carbocycles. The predicted molar refractivity (Wildman–Crippen MR) is 5.75 cm³/mol. The van der Waals surface area contributed by atoms with Crippen LogP contribution in [0.1, 0.15) is 0 Å². The van der Waals surface area contributed by atoms with Gasteiger partial charge in [0, 0.05) is 0 Å². The molecule has 0 amide bonds. The molecule has 0 bridgehead atoms. The van der Waals surface area contributed by atoms with Crippen LogP contribution >= 0.6 is 0 Å². The molecule has 0 spiro atoms. The minimum absolute atomic E-state index is 0. The zero-order chi connectivity index (χ0) is 3.58. The zero-order valence-corrected chi connectivity index (χ0v) is 4.27. The Kier molecular flexibility index (Phi) is 9.96. The van der Waals surface area contributed by atoms with E-state index in [0.717, 1.165) is 0 Å². The van der Waals surface area contributed by atoms with E-state index in [2.05, 4.69) is 0 Å². The van der Waals surface area contributed by atoms with Gasteiger partial charge in [0.25, 0.3) is 0 Å². The maximum absolute atomic E-state index is 8.42. The summed E-state index contributed by atoms with van der Waals surface area (Å²) in [6.45, 7) is 0. The second-order valence-corrected chi connectivity index (χ2v) is 0.289. The van der Waals surface area contributed by atoms with Crippen LogP contribution < -0.4 is 15.1 Å². The van der Waals surface area contributed by atoms with Crippen molar-refractivity contribution < 1.29 is 53.7 Å². The first-order valence-corrected chi connectivity index (χ1v) is 0.707. The summed E-state index contributed by atoms with van der Waals surface area (Å²) in [7, 11) is -2.92. The molecule has 0 saturated heterocycles. The van der Waals surface area contributed by atoms with E-state index in [0.29, 0.717) is 0 Å². The third kappa shape index (κ3) is 36.0. The summed E-state index contributed by atoms with van der Waals surface area (Å²) in [6.07, 6.45) is 0. The summed E-state index contributed by atoms with van der Waals surface area (Å²) in [5.41, 5.74) is 0. The summed E-state index contributed by atoms with van der Waals surface area (Å²) in [6, 6.07) is 0. The van der Waals surface area contributed by atoms with Crippen LogP contribution in [0.25, 0.3) is 0 Å². The van der Waals surface area contributed by atoms with Crippen molar-refractivity contribution in [2.45, 2.75) is 0 Å². The van der Waals surface area contributed by atoms with E-state index in [1.807, 2.05) is 0 Å². The first kappa shape index (κ1) is 9.52. The first-order chi connectivity index (χ1) is 1.73. The van der Waals surface area contributed by atoms with Crippen molar-refractivity contribution in [2.75, 3.05) is 0 Å². The van der Waals surface area contributed by atoms with E-state index < -0.39 is 7.32 Å². The summed E-state index contributed by atoms with van der Waals surface area (Å²) in [4.78, 5) is 0. The van der Waals surface area contributed by atoms with Crippen LogP contribution in [0.2, 0.25) is 0 Å². The molecule has 0 fully saturated rings. The largest absolute Gasteiger partial charge is 3.00 e. The molecule has 5 heavy (non-hydrogen) atoms. The normalized spacial score (nSPS) is 5.40. The number of hydrogen-bond donors (Lipinski definition) is 0. The van der Waals surface area contributed by atoms with Gasteiger partial charge in [0.1, 0.15) is 0 Å². The fourth-order valence-corrected chi connectivity index (χ4v) is 0. The molecule has 3 nitrogen and oxygen atoms in total. The van der Waals surface area contributed by atoms with E-state index in [1.165, 1.54) is 0 Å². The van der Waals surface area contributed by atoms with Crippen molar-refractivity contribution in [3.63, 3.8) is 0 Å². The topological polar surface area (TPSA) is 69.2 Å². The van der Waals surface area contributed by atoms with Gasteiger partial charge in [0.15, 0.2) is 0 Å². The fourth-order valence-electron chi connectivity index (χ4n) is 0. The van der Waals surface area contributed by atoms with Crippen LogP contribution in [0.15, 0.2) is 0 Å². The monoisotopic (exact) mass is 218 g/mol. The van der Waals surface area contributed by atoms with Crippen LogP contribution in [-0.4, -0.2) is 7.32 Å². The van der Waals surface area contributed by atoms with Crippen LogP contribution in [0.5, 0.6) is 0 Å². The maximum Gasteiger partial charge on any atom is 3.00 e. The Labute approximate surface area is 60.6 Å². The zero-order valence-electron chi connectivity index (χ0n) is 2.14. The van der Waals surface area contributed by atoms with Gasteiger partial charge in [0.2, 0.25) is 0 Å². The third-order valence-electron chi connectivity index (χ3n) is 0. The summed E-state index contributed by atoms with van der Waals surface area (Å²) in [5, 5.41) is 25.2. The smallest absolute Gasteiger partial charge is 0.907 e. The molecule has 0 aliphatic heterocycles. The van der Waals surface area contributed by atoms with Gasteiger partial charge in [-0.25, -0.2) is 0 Å². The Bertz CT molecular complexity index is 11.6. The molecule has 0 heterocycles. The molecule has 0 atom stereocenters. The van der Waals surface area contributed by atoms with E-state index in [-0.39, 0.29) is 38.6 Å². The minimum atomic E-state index is -2.92. The molecule has 0 aromatic carbocycles. The molecule has 0 radical (unpaired) electrons. The van der Waals surface area contributed by atoms with Crippen molar-refractivity contribution in [2.24, 2.45) is 0 Å². The van der Waals surface area contributed by atoms with E-state index in [4.69, 9.17) is 15.1 Å². The molecular weight excluding hydrogens is 218 g/mol. The molecule has 0 aliphatic carbocycles. The SMILES string of the molecule is [O-]B([O-])[O-].[Tb+3]. The van der Waals surface area contributed by atoms with Crippen LogP contribution in [0, 0.1) is 38.6 Å². The van der Waals surface area contributed by atoms with Gasteiger partial charge in [-0.3, -0.25) is 7.32 Å². The molecule has 0 aliphatic rings. The standard InChI is InChI=1S/BO3.Tb/c2-1(3)4;/q-3;+3. The van der Waals surface area contributed by atoms with Crippen molar-refractivity contribution in [3.05, 3.63) is 0 Å². The van der Waals surface area contributed by atoms with E-state index >= 15 is 0 Å². The van der Waals surface area contributed by atoms with Gasteiger partial charge in [-0.1, -0.05) is 0 Å². The molecular formula is BO3Tb. The van der Waals surface area contributed by atoms with Gasteiger partial charge in [0.05, 0.1) is 0 Å². The van der Waals surface area contributed by atoms with Gasteiger partial charge < -0.3 is 15.1 Å². The summed E-state index contributed by atoms with van der Waals surface area (Å²) >= 11 is 0. The van der Waals surface area contributed by atoms with Crippen LogP contribution in [0.3, 0.4) is 0 Å². The quantitative estimate of drug-likeness (QED) is 0.389. The maximum atomic E-state index is 8.42. The molecule has 0 aromatic rings. The molecule has 0 rings (SSSR count). The molecule has 0 unspecified atom stereocenters. The number of rotatable bonds is 0. The van der Waals surface area contributed by atoms with Crippen molar-refractivity contribution in [1.82, 2.24) is 0 Å². The second kappa shape index (κ2) is 5.23. The molecule has 30 valence electrons. The van der Waals surface area contributed by atoms with E-state index in [9.17, 15) is 0 Å². The predicted octanol–water partition coefficient (Wildman–Crippen LogP) is -3.95. The summed E-state index contributed by atoms with van der Waals surface area (Å²) < 4.78 is 0. The Morgan fingerprint density at radius 1 is 1.00 bits per heavy atom. The average molecular weight is 218 g/mol. The minimum Gasteiger partial charge on any atom is -0.907 e. The first-order valence-electron chi connectivity index (χ1n) is 0.707. The van der Waals surface area contributed by atoms with E-state index in [1.54, 1.807) is 0 Å². The Morgan fingerprint density at radius 2 is 1.00 bits per heavy atom. The molecule has 0 N–H and O–H groups in total. The van der Waals surface area contributed by atoms with Crippen LogP contribution in [0.4, 0.5) is 0 Å². The van der Waals surface area contributed by atoms with Gasteiger partial charge in [-0.05, 0) is 0 Å². The number of hydrogen-bond acceptors (Lipinski definition) is 3. The average Bonchev–Trinajstić information content (AvgIpc) is 0.811. The van der Waals surface area contributed by atoms with Gasteiger partial charge in [-0.2, -0.15) is 0 Å². The third-order valence-corrected chi connectivity index (χ3v) is 0. The Hall–Kier alpha value is 1.23. The van der Waals surface area contributed by atoms with Crippen LogP contribution in [-0.2, 0) is 0 Å². The fraction of sp³-hybridized carbons (Fsp3) is 0. The van der Waals surface area contributed by atoms with Gasteiger partial charge >= 0.3 is 38.6 Å². The van der Waals surface area contributed by atoms with Crippen molar-refractivity contribution in [3.8, 4) is 0 Å². The van der Waals surface area contributed by atoms with Crippen molar-refractivity contribution in [1.29, 1.82) is 0 Å². The second-order valence-electron chi connectivity index (χ2n) is 0.289. The molecule has 5 heteroatoms. The van der Waals surface area contributed by atoms with Crippen molar-refractivity contribution >= 4 is 7.32 Å². The Morgan fingerprint density at radius 3 is 1.00 bits per heavy atom. The van der Waals surface area contributed by atoms with Gasteiger partial charge in [-0.15, -0.1) is 0 Å².